The Kier molecular flexibility index (Phi) is 3.56. The van der Waals surface area contributed by atoms with E-state index >= 15 is 0 Å². The molecule has 1 fully saturated rings. The molecule has 3 amide bonds. The minimum Gasteiger partial charge on any atom is -0.406 e. The average Bonchev–Trinajstić information content (AvgIpc) is 2.52. The van der Waals surface area contributed by atoms with Crippen molar-refractivity contribution in [3.63, 3.8) is 0 Å². The summed E-state index contributed by atoms with van der Waals surface area (Å²) in [6, 6.07) is 4.47. The van der Waals surface area contributed by atoms with Gasteiger partial charge in [0.25, 0.3) is 5.91 Å². The van der Waals surface area contributed by atoms with Crippen LogP contribution in [0.1, 0.15) is 19.4 Å². The Morgan fingerprint density at radius 3 is 2.19 bits per heavy atom. The molecule has 1 aromatic carbocycles. The van der Waals surface area contributed by atoms with Crippen molar-refractivity contribution in [2.75, 3.05) is 0 Å². The van der Waals surface area contributed by atoms with E-state index in [1.807, 2.05) is 0 Å². The first-order chi connectivity index (χ1) is 9.58. The molecule has 5 nitrogen and oxygen atoms in total. The van der Waals surface area contributed by atoms with E-state index in [2.05, 4.69) is 10.1 Å². The minimum absolute atomic E-state index is 0.0135. The molecule has 8 heteroatoms. The number of carbonyl (C=O) groups excluding carboxylic acids is 2. The highest BCUT2D eigenvalue weighted by atomic mass is 19.4. The van der Waals surface area contributed by atoms with E-state index in [-0.39, 0.29) is 18.2 Å². The number of nitrogens with zero attached hydrogens (tertiary/aromatic N) is 1. The number of benzene rings is 1. The Bertz CT molecular complexity index is 567. The molecule has 1 N–H and O–H groups in total. The summed E-state index contributed by atoms with van der Waals surface area (Å²) in [5.41, 5.74) is -0.457. The van der Waals surface area contributed by atoms with Gasteiger partial charge in [0, 0.05) is 0 Å². The Morgan fingerprint density at radius 1 is 1.19 bits per heavy atom. The summed E-state index contributed by atoms with van der Waals surface area (Å²) in [6.07, 6.45) is -4.75. The lowest BCUT2D eigenvalue weighted by Crippen LogP contribution is -2.40. The summed E-state index contributed by atoms with van der Waals surface area (Å²) in [7, 11) is 0. The van der Waals surface area contributed by atoms with Crippen LogP contribution < -0.4 is 10.1 Å². The lowest BCUT2D eigenvalue weighted by Gasteiger charge is -2.16. The van der Waals surface area contributed by atoms with Crippen molar-refractivity contribution in [2.24, 2.45) is 0 Å². The fourth-order valence-corrected chi connectivity index (χ4v) is 1.94. The molecule has 0 spiro atoms. The molecule has 114 valence electrons. The van der Waals surface area contributed by atoms with E-state index in [0.29, 0.717) is 5.56 Å². The zero-order chi connectivity index (χ0) is 15.8. The third-order valence-corrected chi connectivity index (χ3v) is 2.94. The standard InChI is InChI=1S/C13H13F3N2O3/c1-12(2)10(19)18(11(20)17-12)7-8-3-5-9(6-4-8)21-13(14,15)16/h3-6H,7H2,1-2H3,(H,17,20). The highest BCUT2D eigenvalue weighted by molar-refractivity contribution is 6.06. The molecule has 21 heavy (non-hydrogen) atoms. The van der Waals surface area contributed by atoms with E-state index in [9.17, 15) is 22.8 Å². The van der Waals surface area contributed by atoms with Crippen LogP contribution >= 0.6 is 0 Å². The van der Waals surface area contributed by atoms with Crippen molar-refractivity contribution in [3.8, 4) is 5.75 Å². The van der Waals surface area contributed by atoms with Crippen molar-refractivity contribution in [1.29, 1.82) is 0 Å². The number of urea groups is 1. The van der Waals surface area contributed by atoms with Crippen LogP contribution in [0.3, 0.4) is 0 Å². The summed E-state index contributed by atoms with van der Waals surface area (Å²) < 4.78 is 39.8. The van der Waals surface area contributed by atoms with Crippen LogP contribution in [-0.4, -0.2) is 28.7 Å². The van der Waals surface area contributed by atoms with Gasteiger partial charge in [0.2, 0.25) is 0 Å². The topological polar surface area (TPSA) is 58.6 Å². The summed E-state index contributed by atoms with van der Waals surface area (Å²) in [4.78, 5) is 24.7. The normalized spacial score (nSPS) is 17.9. The first-order valence-electron chi connectivity index (χ1n) is 6.07. The van der Waals surface area contributed by atoms with Gasteiger partial charge in [-0.15, -0.1) is 13.2 Å². The smallest absolute Gasteiger partial charge is 0.406 e. The van der Waals surface area contributed by atoms with Gasteiger partial charge in [-0.3, -0.25) is 9.69 Å². The summed E-state index contributed by atoms with van der Waals surface area (Å²) >= 11 is 0. The van der Waals surface area contributed by atoms with E-state index in [4.69, 9.17) is 0 Å². The molecule has 0 saturated carbocycles. The first-order valence-corrected chi connectivity index (χ1v) is 6.07. The van der Waals surface area contributed by atoms with E-state index < -0.39 is 17.9 Å². The van der Waals surface area contributed by atoms with Crippen LogP contribution in [0, 0.1) is 0 Å². The van der Waals surface area contributed by atoms with Crippen molar-refractivity contribution in [1.82, 2.24) is 10.2 Å². The van der Waals surface area contributed by atoms with Crippen LogP contribution in [0.25, 0.3) is 0 Å². The predicted octanol–water partition coefficient (Wildman–Crippen LogP) is 2.42. The quantitative estimate of drug-likeness (QED) is 0.872. The summed E-state index contributed by atoms with van der Waals surface area (Å²) in [6.45, 7) is 3.14. The Balaban J connectivity index is 2.08. The Hall–Kier alpha value is -2.25. The van der Waals surface area contributed by atoms with Crippen LogP contribution in [0.2, 0.25) is 0 Å². The fourth-order valence-electron chi connectivity index (χ4n) is 1.94. The number of carbonyl (C=O) groups is 2. The number of alkyl halides is 3. The maximum atomic E-state index is 12.0. The molecule has 1 saturated heterocycles. The summed E-state index contributed by atoms with van der Waals surface area (Å²) in [5.74, 6) is -0.744. The second kappa shape index (κ2) is 4.94. The van der Waals surface area contributed by atoms with Crippen LogP contribution in [0.15, 0.2) is 24.3 Å². The molecule has 0 aliphatic carbocycles. The van der Waals surface area contributed by atoms with E-state index in [0.717, 1.165) is 17.0 Å². The third-order valence-electron chi connectivity index (χ3n) is 2.94. The highest BCUT2D eigenvalue weighted by Crippen LogP contribution is 2.24. The molecule has 0 bridgehead atoms. The molecule has 2 rings (SSSR count). The number of hydrogen-bond donors (Lipinski definition) is 1. The van der Waals surface area contributed by atoms with E-state index in [1.54, 1.807) is 13.8 Å². The number of hydrogen-bond acceptors (Lipinski definition) is 3. The molecule has 0 aromatic heterocycles. The van der Waals surface area contributed by atoms with Crippen LogP contribution in [0.5, 0.6) is 5.75 Å². The molecule has 1 aliphatic rings. The largest absolute Gasteiger partial charge is 0.573 e. The Morgan fingerprint density at radius 2 is 1.76 bits per heavy atom. The van der Waals surface area contributed by atoms with Gasteiger partial charge in [-0.25, -0.2) is 4.79 Å². The third kappa shape index (κ3) is 3.45. The first kappa shape index (κ1) is 15.1. The monoisotopic (exact) mass is 302 g/mol. The van der Waals surface area contributed by atoms with Gasteiger partial charge in [-0.1, -0.05) is 12.1 Å². The molecule has 1 aliphatic heterocycles. The molecule has 0 unspecified atom stereocenters. The highest BCUT2D eigenvalue weighted by Gasteiger charge is 2.44. The maximum absolute atomic E-state index is 12.0. The fraction of sp³-hybridized carbons (Fsp3) is 0.385. The number of rotatable bonds is 3. The molecule has 0 atom stereocenters. The summed E-state index contributed by atoms with van der Waals surface area (Å²) in [5, 5.41) is 2.52. The number of halogens is 3. The van der Waals surface area contributed by atoms with E-state index in [1.165, 1.54) is 12.1 Å². The van der Waals surface area contributed by atoms with Gasteiger partial charge < -0.3 is 10.1 Å². The zero-order valence-electron chi connectivity index (χ0n) is 11.3. The molecule has 1 aromatic rings. The molecular formula is C13H13F3N2O3. The van der Waals surface area contributed by atoms with Crippen LogP contribution in [0.4, 0.5) is 18.0 Å². The lowest BCUT2D eigenvalue weighted by atomic mass is 10.1. The van der Waals surface area contributed by atoms with Gasteiger partial charge in [0.1, 0.15) is 11.3 Å². The number of amides is 3. The second-order valence-electron chi connectivity index (χ2n) is 5.14. The van der Waals surface area contributed by atoms with Gasteiger partial charge in [-0.2, -0.15) is 0 Å². The SMILES string of the molecule is CC1(C)NC(=O)N(Cc2ccc(OC(F)(F)F)cc2)C1=O. The lowest BCUT2D eigenvalue weighted by molar-refractivity contribution is -0.274. The van der Waals surface area contributed by atoms with Crippen molar-refractivity contribution in [2.45, 2.75) is 32.3 Å². The predicted molar refractivity (Wildman–Crippen MR) is 66.3 cm³/mol. The zero-order valence-corrected chi connectivity index (χ0v) is 11.3. The molecule has 0 radical (unpaired) electrons. The number of ether oxygens (including phenoxy) is 1. The average molecular weight is 302 g/mol. The Labute approximate surface area is 118 Å². The minimum atomic E-state index is -4.75. The van der Waals surface area contributed by atoms with Gasteiger partial charge >= 0.3 is 12.4 Å². The molecule has 1 heterocycles. The van der Waals surface area contributed by atoms with Gasteiger partial charge in [0.15, 0.2) is 0 Å². The van der Waals surface area contributed by atoms with Crippen LogP contribution in [-0.2, 0) is 11.3 Å². The van der Waals surface area contributed by atoms with Crippen molar-refractivity contribution in [3.05, 3.63) is 29.8 Å². The van der Waals surface area contributed by atoms with Crippen molar-refractivity contribution >= 4 is 11.9 Å². The van der Waals surface area contributed by atoms with Gasteiger partial charge in [-0.05, 0) is 31.5 Å². The number of imide groups is 1. The van der Waals surface area contributed by atoms with Gasteiger partial charge in [0.05, 0.1) is 6.54 Å². The number of nitrogens with one attached hydrogen (secondary N) is 1. The van der Waals surface area contributed by atoms with Crippen molar-refractivity contribution < 1.29 is 27.5 Å². The maximum Gasteiger partial charge on any atom is 0.573 e. The second-order valence-corrected chi connectivity index (χ2v) is 5.14. The molecular weight excluding hydrogens is 289 g/mol.